The van der Waals surface area contributed by atoms with Crippen LogP contribution in [0.5, 0.6) is 0 Å². The predicted molar refractivity (Wildman–Crippen MR) is 109 cm³/mol. The van der Waals surface area contributed by atoms with Crippen molar-refractivity contribution in [1.29, 1.82) is 0 Å². The summed E-state index contributed by atoms with van der Waals surface area (Å²) in [6, 6.07) is 20.1. The lowest BCUT2D eigenvalue weighted by Gasteiger charge is -2.15. The minimum Gasteiger partial charge on any atom is -0.425 e. The summed E-state index contributed by atoms with van der Waals surface area (Å²) < 4.78 is 7.28. The monoisotopic (exact) mass is 389 g/mol. The molecular weight excluding hydrogens is 366 g/mol. The minimum atomic E-state index is -0.232. The first-order chi connectivity index (χ1) is 14.2. The van der Waals surface area contributed by atoms with Crippen LogP contribution in [0, 0.1) is 0 Å². The molecule has 0 fully saturated rings. The van der Waals surface area contributed by atoms with Crippen molar-refractivity contribution >= 4 is 11.8 Å². The van der Waals surface area contributed by atoms with E-state index in [9.17, 15) is 4.79 Å². The number of hydrogen-bond acceptors (Lipinski definition) is 5. The maximum atomic E-state index is 12.9. The van der Waals surface area contributed by atoms with E-state index >= 15 is 0 Å². The molecule has 148 valence electrons. The van der Waals surface area contributed by atoms with Crippen LogP contribution in [0.4, 0.5) is 0 Å². The van der Waals surface area contributed by atoms with Crippen LogP contribution in [-0.2, 0) is 19.5 Å². The Labute approximate surface area is 169 Å². The van der Waals surface area contributed by atoms with Crippen LogP contribution >= 0.6 is 0 Å². The molecule has 0 aliphatic carbocycles. The fraction of sp³-hybridized carbons (Fsp3) is 0.227. The van der Waals surface area contributed by atoms with Crippen molar-refractivity contribution in [2.45, 2.75) is 19.5 Å². The van der Waals surface area contributed by atoms with Gasteiger partial charge in [-0.3, -0.25) is 9.69 Å². The number of nitrogens with zero attached hydrogens (tertiary/aromatic N) is 4. The van der Waals surface area contributed by atoms with Gasteiger partial charge in [0, 0.05) is 13.1 Å². The minimum absolute atomic E-state index is 0.232. The normalized spacial score (nSPS) is 11.2. The van der Waals surface area contributed by atoms with Gasteiger partial charge in [0.25, 0.3) is 5.91 Å². The van der Waals surface area contributed by atoms with Gasteiger partial charge in [-0.2, -0.15) is 14.6 Å². The highest BCUT2D eigenvalue weighted by molar-refractivity contribution is 5.94. The van der Waals surface area contributed by atoms with Crippen molar-refractivity contribution in [3.05, 3.63) is 89.6 Å². The Kier molecular flexibility index (Phi) is 5.67. The van der Waals surface area contributed by atoms with Crippen molar-refractivity contribution < 1.29 is 9.21 Å². The molecule has 4 rings (SSSR count). The summed E-state index contributed by atoms with van der Waals surface area (Å²) in [6.45, 7) is 1.77. The quantitative estimate of drug-likeness (QED) is 0.501. The molecule has 0 aliphatic rings. The highest BCUT2D eigenvalue weighted by Gasteiger charge is 2.23. The number of hydrogen-bond donors (Lipinski definition) is 1. The van der Waals surface area contributed by atoms with Crippen LogP contribution in [0.25, 0.3) is 5.84 Å². The van der Waals surface area contributed by atoms with E-state index < -0.39 is 0 Å². The maximum absolute atomic E-state index is 12.9. The van der Waals surface area contributed by atoms with Gasteiger partial charge in [0.1, 0.15) is 6.33 Å². The van der Waals surface area contributed by atoms with Gasteiger partial charge in [0.15, 0.2) is 11.5 Å². The van der Waals surface area contributed by atoms with Crippen LogP contribution < -0.4 is 5.32 Å². The fourth-order valence-corrected chi connectivity index (χ4v) is 3.21. The molecule has 0 saturated heterocycles. The third kappa shape index (κ3) is 4.52. The Hall–Kier alpha value is -3.45. The molecule has 7 heteroatoms. The Morgan fingerprint density at radius 3 is 2.48 bits per heavy atom. The topological polar surface area (TPSA) is 75.7 Å². The number of fused-ring (bicyclic) bond motifs is 1. The van der Waals surface area contributed by atoms with Crippen LogP contribution in [-0.4, -0.2) is 39.0 Å². The second-order valence-electron chi connectivity index (χ2n) is 6.97. The highest BCUT2D eigenvalue weighted by Crippen LogP contribution is 2.17. The predicted octanol–water partition coefficient (Wildman–Crippen LogP) is 2.93. The Bertz CT molecular complexity index is 1070. The first-order valence-corrected chi connectivity index (χ1v) is 9.56. The van der Waals surface area contributed by atoms with E-state index in [0.29, 0.717) is 30.4 Å². The molecule has 2 heterocycles. The first-order valence-electron chi connectivity index (χ1n) is 9.56. The summed E-state index contributed by atoms with van der Waals surface area (Å²) in [5.41, 5.74) is 2.69. The number of benzene rings is 2. The molecule has 1 N–H and O–H groups in total. The lowest BCUT2D eigenvalue weighted by Crippen LogP contribution is -2.27. The van der Waals surface area contributed by atoms with Gasteiger partial charge >= 0.3 is 5.84 Å². The Balaban J connectivity index is 1.46. The van der Waals surface area contributed by atoms with Crippen LogP contribution in [0.1, 0.15) is 27.4 Å². The zero-order chi connectivity index (χ0) is 20.1. The Morgan fingerprint density at radius 2 is 1.76 bits per heavy atom. The molecule has 2 aromatic carbocycles. The lowest BCUT2D eigenvalue weighted by molar-refractivity contribution is 0.0940. The highest BCUT2D eigenvalue weighted by atomic mass is 16.4. The molecule has 0 saturated carbocycles. The van der Waals surface area contributed by atoms with Gasteiger partial charge in [0.2, 0.25) is 0 Å². The summed E-state index contributed by atoms with van der Waals surface area (Å²) in [5, 5.41) is 7.10. The summed E-state index contributed by atoms with van der Waals surface area (Å²) in [7, 11) is 2.01. The first kappa shape index (κ1) is 18.9. The van der Waals surface area contributed by atoms with E-state index in [4.69, 9.17) is 4.42 Å². The molecule has 0 atom stereocenters. The van der Waals surface area contributed by atoms with Crippen molar-refractivity contribution in [3.8, 4) is 0 Å². The van der Waals surface area contributed by atoms with Gasteiger partial charge in [-0.25, -0.2) is 0 Å². The van der Waals surface area contributed by atoms with E-state index in [1.54, 1.807) is 0 Å². The van der Waals surface area contributed by atoms with E-state index in [1.807, 2.05) is 55.6 Å². The van der Waals surface area contributed by atoms with Crippen molar-refractivity contribution in [3.63, 3.8) is 0 Å². The molecule has 4 aromatic rings. The molecule has 0 spiro atoms. The molecule has 0 aliphatic heterocycles. The molecule has 0 radical (unpaired) electrons. The molecule has 1 amide bonds. The molecule has 29 heavy (non-hydrogen) atoms. The summed E-state index contributed by atoms with van der Waals surface area (Å²) >= 11 is 0. The molecule has 7 nitrogen and oxygen atoms in total. The second-order valence-corrected chi connectivity index (χ2v) is 6.97. The van der Waals surface area contributed by atoms with Crippen LogP contribution in [0.3, 0.4) is 0 Å². The summed E-state index contributed by atoms with van der Waals surface area (Å²) in [6.07, 6.45) is 2.30. The number of carbonyl (C=O) groups excluding carboxylic acids is 1. The van der Waals surface area contributed by atoms with Crippen LogP contribution in [0.15, 0.2) is 71.4 Å². The third-order valence-corrected chi connectivity index (χ3v) is 4.76. The number of likely N-dealkylation sites (N-methyl/N-ethyl adjacent to an activating group) is 1. The number of carbonyl (C=O) groups is 1. The number of aromatic nitrogens is 3. The van der Waals surface area contributed by atoms with Gasteiger partial charge in [-0.05, 0) is 24.6 Å². The van der Waals surface area contributed by atoms with Gasteiger partial charge in [0.05, 0.1) is 6.54 Å². The van der Waals surface area contributed by atoms with E-state index in [1.165, 1.54) is 16.4 Å². The number of rotatable bonds is 8. The average molecular weight is 389 g/mol. The van der Waals surface area contributed by atoms with Gasteiger partial charge < -0.3 is 9.73 Å². The number of oxazole rings is 1. The molecule has 0 bridgehead atoms. The van der Waals surface area contributed by atoms with Crippen molar-refractivity contribution in [2.75, 3.05) is 13.6 Å². The van der Waals surface area contributed by atoms with Crippen LogP contribution in [0.2, 0.25) is 0 Å². The third-order valence-electron chi connectivity index (χ3n) is 4.76. The van der Waals surface area contributed by atoms with Gasteiger partial charge in [-0.1, -0.05) is 60.7 Å². The summed E-state index contributed by atoms with van der Waals surface area (Å²) in [5.74, 6) is 0.646. The zero-order valence-electron chi connectivity index (χ0n) is 16.3. The van der Waals surface area contributed by atoms with Crippen molar-refractivity contribution in [1.82, 2.24) is 24.8 Å². The Morgan fingerprint density at radius 1 is 1.07 bits per heavy atom. The number of nitrogens with one attached hydrogen (secondary N) is 1. The second kappa shape index (κ2) is 8.70. The number of amides is 1. The van der Waals surface area contributed by atoms with Gasteiger partial charge in [-0.15, -0.1) is 0 Å². The maximum Gasteiger partial charge on any atom is 0.325 e. The van der Waals surface area contributed by atoms with Crippen molar-refractivity contribution in [2.24, 2.45) is 0 Å². The standard InChI is InChI=1S/C22H23N5O2/c1-26(13-12-17-8-4-2-5-9-17)15-19-20(27-22(29-19)24-16-25-27)21(28)23-14-18-10-6-3-7-11-18/h2-11,16H,12-15H2,1H3,(H,23,28). The molecular formula is C22H23N5O2. The van der Waals surface area contributed by atoms with E-state index in [-0.39, 0.29) is 5.91 Å². The molecule has 0 unspecified atom stereocenters. The fourth-order valence-electron chi connectivity index (χ4n) is 3.21. The summed E-state index contributed by atoms with van der Waals surface area (Å²) in [4.78, 5) is 19.1. The van der Waals surface area contributed by atoms with E-state index in [2.05, 4.69) is 32.4 Å². The van der Waals surface area contributed by atoms with E-state index in [0.717, 1.165) is 18.5 Å². The molecule has 2 aromatic heterocycles. The zero-order valence-corrected chi connectivity index (χ0v) is 16.3. The average Bonchev–Trinajstić information content (AvgIpc) is 3.33. The smallest absolute Gasteiger partial charge is 0.325 e. The largest absolute Gasteiger partial charge is 0.425 e. The lowest BCUT2D eigenvalue weighted by atomic mass is 10.1. The SMILES string of the molecule is CN(CCc1ccccc1)Cc1oc2ncnn2c1C(=O)NCc1ccccc1.